The molecule has 1 amide bonds. The molecule has 0 bridgehead atoms. The fraction of sp³-hybridized carbons (Fsp3) is 0.500. The number of fused-ring (bicyclic) bond motifs is 1. The lowest BCUT2D eigenvalue weighted by molar-refractivity contribution is -0.147. The molecule has 146 valence electrons. The summed E-state index contributed by atoms with van der Waals surface area (Å²) in [5.41, 5.74) is 1.94. The van der Waals surface area contributed by atoms with Gasteiger partial charge in [-0.3, -0.25) is 4.79 Å². The first kappa shape index (κ1) is 19.3. The molecule has 0 unspecified atom stereocenters. The molecule has 1 aromatic heterocycles. The van der Waals surface area contributed by atoms with Crippen molar-refractivity contribution in [3.63, 3.8) is 0 Å². The number of hydrogen-bond donors (Lipinski definition) is 1. The van der Waals surface area contributed by atoms with Crippen molar-refractivity contribution in [2.45, 2.75) is 39.0 Å². The van der Waals surface area contributed by atoms with E-state index < -0.39 is 0 Å². The van der Waals surface area contributed by atoms with Gasteiger partial charge in [-0.2, -0.15) is 0 Å². The molecule has 2 heterocycles. The third-order valence-electron chi connectivity index (χ3n) is 5.95. The van der Waals surface area contributed by atoms with Crippen molar-refractivity contribution in [3.05, 3.63) is 42.3 Å². The zero-order chi connectivity index (χ0) is 19.4. The van der Waals surface area contributed by atoms with Gasteiger partial charge < -0.3 is 19.4 Å². The van der Waals surface area contributed by atoms with Crippen molar-refractivity contribution in [1.29, 1.82) is 0 Å². The third-order valence-corrected chi connectivity index (χ3v) is 5.95. The first-order valence-corrected chi connectivity index (χ1v) is 9.68. The molecule has 1 aliphatic heterocycles. The van der Waals surface area contributed by atoms with Crippen LogP contribution in [-0.4, -0.2) is 43.1 Å². The first-order valence-electron chi connectivity index (χ1n) is 9.68. The number of nitrogens with zero attached hydrogens (tertiary/aromatic N) is 1. The molecule has 1 atom stereocenters. The van der Waals surface area contributed by atoms with E-state index in [1.54, 1.807) is 14.2 Å². The summed E-state index contributed by atoms with van der Waals surface area (Å²) in [4.78, 5) is 18.6. The molecule has 1 N–H and O–H groups in total. The Balaban J connectivity index is 1.74. The van der Waals surface area contributed by atoms with Crippen LogP contribution in [0.15, 0.2) is 36.7 Å². The van der Waals surface area contributed by atoms with Crippen LogP contribution in [-0.2, 0) is 16.0 Å². The lowest BCUT2D eigenvalue weighted by Crippen LogP contribution is -2.49. The Bertz CT molecular complexity index is 826. The lowest BCUT2D eigenvalue weighted by Gasteiger charge is -2.41. The summed E-state index contributed by atoms with van der Waals surface area (Å²) in [5.74, 6) is 1.78. The number of aromatic nitrogens is 1. The Labute approximate surface area is 161 Å². The van der Waals surface area contributed by atoms with E-state index in [0.29, 0.717) is 12.2 Å². The van der Waals surface area contributed by atoms with E-state index in [-0.39, 0.29) is 11.3 Å². The summed E-state index contributed by atoms with van der Waals surface area (Å²) in [6.45, 7) is 7.59. The molecule has 1 aromatic carbocycles. The second-order valence-corrected chi connectivity index (χ2v) is 7.42. The molecule has 27 heavy (non-hydrogen) atoms. The zero-order valence-corrected chi connectivity index (χ0v) is 16.6. The molecular weight excluding hydrogens is 340 g/mol. The number of carbonyl (C=O) groups excluding carboxylic acids is 1. The SMILES string of the molecule is C=C(C[C@]1(CC)CCCN(CCc2c[nH]c3ccc(OC)cc23)C1=O)OC. The van der Waals surface area contributed by atoms with Gasteiger partial charge in [-0.15, -0.1) is 0 Å². The summed E-state index contributed by atoms with van der Waals surface area (Å²) in [6.07, 6.45) is 6.22. The Hall–Kier alpha value is -2.43. The minimum atomic E-state index is -0.366. The van der Waals surface area contributed by atoms with E-state index in [0.717, 1.165) is 55.4 Å². The molecule has 5 nitrogen and oxygen atoms in total. The van der Waals surface area contributed by atoms with Gasteiger partial charge in [0.2, 0.25) is 5.91 Å². The summed E-state index contributed by atoms with van der Waals surface area (Å²) in [7, 11) is 3.31. The lowest BCUT2D eigenvalue weighted by atomic mass is 9.73. The second kappa shape index (κ2) is 8.07. The maximum atomic E-state index is 13.3. The van der Waals surface area contributed by atoms with Crippen molar-refractivity contribution in [1.82, 2.24) is 9.88 Å². The molecule has 2 aromatic rings. The quantitative estimate of drug-likeness (QED) is 0.705. The first-order chi connectivity index (χ1) is 13.0. The van der Waals surface area contributed by atoms with Crippen LogP contribution in [0.1, 0.15) is 38.2 Å². The maximum Gasteiger partial charge on any atom is 0.229 e. The van der Waals surface area contributed by atoms with E-state index in [1.165, 1.54) is 5.56 Å². The fourth-order valence-corrected chi connectivity index (χ4v) is 4.18. The van der Waals surface area contributed by atoms with Gasteiger partial charge in [0.05, 0.1) is 25.4 Å². The van der Waals surface area contributed by atoms with Crippen molar-refractivity contribution >= 4 is 16.8 Å². The van der Waals surface area contributed by atoms with Crippen molar-refractivity contribution in [2.24, 2.45) is 5.41 Å². The van der Waals surface area contributed by atoms with E-state index in [2.05, 4.69) is 24.6 Å². The number of H-pyrrole nitrogens is 1. The standard InChI is InChI=1S/C22H30N2O3/c1-5-22(14-16(2)26-3)10-6-11-24(21(22)25)12-9-17-15-23-20-8-7-18(27-4)13-19(17)20/h7-8,13,15,23H,2,5-6,9-12,14H2,1,3-4H3/t22-/m0/s1. The van der Waals surface area contributed by atoms with Crippen LogP contribution in [0.5, 0.6) is 5.75 Å². The van der Waals surface area contributed by atoms with Crippen LogP contribution < -0.4 is 4.74 Å². The second-order valence-electron chi connectivity index (χ2n) is 7.42. The maximum absolute atomic E-state index is 13.3. The van der Waals surface area contributed by atoms with Crippen molar-refractivity contribution < 1.29 is 14.3 Å². The van der Waals surface area contributed by atoms with Crippen LogP contribution in [0, 0.1) is 5.41 Å². The normalized spacial score (nSPS) is 20.1. The summed E-state index contributed by atoms with van der Waals surface area (Å²) >= 11 is 0. The molecule has 5 heteroatoms. The van der Waals surface area contributed by atoms with Crippen LogP contribution in [0.4, 0.5) is 0 Å². The monoisotopic (exact) mass is 370 g/mol. The number of aromatic amines is 1. The summed E-state index contributed by atoms with van der Waals surface area (Å²) in [6, 6.07) is 6.04. The summed E-state index contributed by atoms with van der Waals surface area (Å²) < 4.78 is 10.6. The minimum absolute atomic E-state index is 0.242. The van der Waals surface area contributed by atoms with Gasteiger partial charge >= 0.3 is 0 Å². The Kier molecular flexibility index (Phi) is 5.78. The predicted molar refractivity (Wildman–Crippen MR) is 108 cm³/mol. The number of hydrogen-bond acceptors (Lipinski definition) is 3. The van der Waals surface area contributed by atoms with Gasteiger partial charge in [0.1, 0.15) is 5.75 Å². The van der Waals surface area contributed by atoms with Crippen LogP contribution in [0.2, 0.25) is 0 Å². The Morgan fingerprint density at radius 3 is 2.89 bits per heavy atom. The minimum Gasteiger partial charge on any atom is -0.502 e. The number of benzene rings is 1. The molecule has 0 saturated carbocycles. The number of allylic oxidation sites excluding steroid dienone is 1. The molecule has 1 fully saturated rings. The molecule has 1 saturated heterocycles. The van der Waals surface area contributed by atoms with Gasteiger partial charge in [-0.1, -0.05) is 13.5 Å². The number of nitrogens with one attached hydrogen (secondary N) is 1. The van der Waals surface area contributed by atoms with E-state index in [4.69, 9.17) is 9.47 Å². The van der Waals surface area contributed by atoms with Crippen LogP contribution in [0.25, 0.3) is 10.9 Å². The molecule has 0 spiro atoms. The van der Waals surface area contributed by atoms with Crippen LogP contribution in [0.3, 0.4) is 0 Å². The van der Waals surface area contributed by atoms with Gasteiger partial charge in [0, 0.05) is 36.6 Å². The van der Waals surface area contributed by atoms with Gasteiger partial charge in [-0.25, -0.2) is 0 Å². The molecule has 1 aliphatic rings. The number of amides is 1. The number of piperidine rings is 1. The topological polar surface area (TPSA) is 54.6 Å². The largest absolute Gasteiger partial charge is 0.502 e. The highest BCUT2D eigenvalue weighted by atomic mass is 16.5. The van der Waals surface area contributed by atoms with Crippen molar-refractivity contribution in [3.8, 4) is 5.75 Å². The van der Waals surface area contributed by atoms with E-state index in [1.807, 2.05) is 23.2 Å². The molecular formula is C22H30N2O3. The highest BCUT2D eigenvalue weighted by molar-refractivity contribution is 5.85. The van der Waals surface area contributed by atoms with Gasteiger partial charge in [-0.05, 0) is 49.4 Å². The fourth-order valence-electron chi connectivity index (χ4n) is 4.18. The van der Waals surface area contributed by atoms with Gasteiger partial charge in [0.25, 0.3) is 0 Å². The predicted octanol–water partition coefficient (Wildman–Crippen LogP) is 4.29. The smallest absolute Gasteiger partial charge is 0.229 e. The zero-order valence-electron chi connectivity index (χ0n) is 16.6. The Morgan fingerprint density at radius 2 is 2.19 bits per heavy atom. The number of ether oxygens (including phenoxy) is 2. The molecule has 0 radical (unpaired) electrons. The van der Waals surface area contributed by atoms with Crippen LogP contribution >= 0.6 is 0 Å². The number of rotatable bonds is 8. The Morgan fingerprint density at radius 1 is 1.37 bits per heavy atom. The average molecular weight is 370 g/mol. The van der Waals surface area contributed by atoms with E-state index in [9.17, 15) is 4.79 Å². The van der Waals surface area contributed by atoms with Crippen molar-refractivity contribution in [2.75, 3.05) is 27.3 Å². The number of carbonyl (C=O) groups is 1. The average Bonchev–Trinajstić information content (AvgIpc) is 3.10. The number of methoxy groups -OCH3 is 2. The molecule has 0 aliphatic carbocycles. The van der Waals surface area contributed by atoms with E-state index >= 15 is 0 Å². The highest BCUT2D eigenvalue weighted by Gasteiger charge is 2.42. The highest BCUT2D eigenvalue weighted by Crippen LogP contribution is 2.40. The third kappa shape index (κ3) is 3.82. The van der Waals surface area contributed by atoms with Gasteiger partial charge in [0.15, 0.2) is 0 Å². The molecule has 3 rings (SSSR count). The number of likely N-dealkylation sites (tertiary alicyclic amines) is 1. The summed E-state index contributed by atoms with van der Waals surface area (Å²) in [5, 5.41) is 1.16.